The fourth-order valence-corrected chi connectivity index (χ4v) is 3.77. The molecule has 0 aromatic heterocycles. The molecule has 0 spiro atoms. The topological polar surface area (TPSA) is 30.5 Å². The summed E-state index contributed by atoms with van der Waals surface area (Å²) in [7, 11) is 0. The van der Waals surface area contributed by atoms with Crippen molar-refractivity contribution in [3.05, 3.63) is 0 Å². The van der Waals surface area contributed by atoms with Crippen molar-refractivity contribution in [1.29, 1.82) is 0 Å². The molecule has 1 N–H and O–H groups in total. The van der Waals surface area contributed by atoms with Gasteiger partial charge in [-0.2, -0.15) is 18.7 Å². The van der Waals surface area contributed by atoms with Crippen LogP contribution in [0.2, 0.25) is 0 Å². The predicted molar refractivity (Wildman–Crippen MR) is 58.0 cm³/mol. The molecule has 0 radical (unpaired) electrons. The molecular weight excluding hydrogens is 266 g/mol. The van der Waals surface area contributed by atoms with Crippen LogP contribution < -0.4 is 5.48 Å². The van der Waals surface area contributed by atoms with Gasteiger partial charge in [0.2, 0.25) is 0 Å². The molecule has 2 aliphatic heterocycles. The number of ether oxygens (including phenoxy) is 1. The quantitative estimate of drug-likeness (QED) is 0.749. The van der Waals surface area contributed by atoms with Crippen molar-refractivity contribution < 1.29 is 27.1 Å². The number of hydrogen-bond acceptors (Lipinski definition) is 3. The van der Waals surface area contributed by atoms with Gasteiger partial charge >= 0.3 is 6.18 Å². The molecule has 0 bridgehead atoms. The molecular formula is C12H17F4NO2. The van der Waals surface area contributed by atoms with Gasteiger partial charge in [0.25, 0.3) is 0 Å². The first kappa shape index (κ1) is 13.6. The van der Waals surface area contributed by atoms with Crippen LogP contribution >= 0.6 is 0 Å². The van der Waals surface area contributed by atoms with Gasteiger partial charge in [-0.25, -0.2) is 4.39 Å². The summed E-state index contributed by atoms with van der Waals surface area (Å²) >= 11 is 0. The Hall–Kier alpha value is -0.400. The third-order valence-corrected chi connectivity index (χ3v) is 4.72. The molecule has 2 saturated heterocycles. The summed E-state index contributed by atoms with van der Waals surface area (Å²) < 4.78 is 57.9. The zero-order chi connectivity index (χ0) is 13.7. The van der Waals surface area contributed by atoms with Crippen molar-refractivity contribution >= 4 is 0 Å². The van der Waals surface area contributed by atoms with E-state index in [0.717, 1.165) is 12.8 Å². The number of fused-ring (bicyclic) bond motifs is 1. The van der Waals surface area contributed by atoms with E-state index in [1.54, 1.807) is 0 Å². The number of nitrogens with one attached hydrogen (secondary N) is 1. The minimum absolute atomic E-state index is 0.0760. The van der Waals surface area contributed by atoms with Crippen molar-refractivity contribution in [3.63, 3.8) is 0 Å². The summed E-state index contributed by atoms with van der Waals surface area (Å²) in [5, 5.41) is 0. The van der Waals surface area contributed by atoms with E-state index in [1.807, 2.05) is 0 Å². The van der Waals surface area contributed by atoms with Crippen molar-refractivity contribution in [1.82, 2.24) is 5.48 Å². The second-order valence-electron chi connectivity index (χ2n) is 5.74. The van der Waals surface area contributed by atoms with Crippen LogP contribution in [0.3, 0.4) is 0 Å². The molecule has 110 valence electrons. The molecule has 5 unspecified atom stereocenters. The van der Waals surface area contributed by atoms with Crippen LogP contribution in [-0.2, 0) is 9.57 Å². The van der Waals surface area contributed by atoms with Gasteiger partial charge in [0, 0.05) is 11.8 Å². The maximum atomic E-state index is 14.1. The first-order valence-electron chi connectivity index (χ1n) is 6.66. The standard InChI is InChI=1S/C12H17F4NO2/c13-9-4-2-1-3-7(9)11-6-18-10(12(14,15)16)8(11)5-19-17-11/h7-10,17H,1-6H2. The molecule has 1 aliphatic carbocycles. The van der Waals surface area contributed by atoms with Gasteiger partial charge in [-0.15, -0.1) is 0 Å². The average Bonchev–Trinajstić information content (AvgIpc) is 2.86. The van der Waals surface area contributed by atoms with Crippen molar-refractivity contribution in [2.24, 2.45) is 11.8 Å². The number of hydroxylamine groups is 1. The molecule has 0 amide bonds. The van der Waals surface area contributed by atoms with Gasteiger partial charge in [0.15, 0.2) is 6.10 Å². The number of rotatable bonds is 1. The van der Waals surface area contributed by atoms with E-state index in [1.165, 1.54) is 0 Å². The molecule has 0 aromatic rings. The highest BCUT2D eigenvalue weighted by molar-refractivity contribution is 5.11. The van der Waals surface area contributed by atoms with Gasteiger partial charge in [0.1, 0.15) is 6.17 Å². The Labute approximate surface area is 108 Å². The fourth-order valence-electron chi connectivity index (χ4n) is 3.77. The van der Waals surface area contributed by atoms with Gasteiger partial charge in [-0.1, -0.05) is 12.8 Å². The van der Waals surface area contributed by atoms with E-state index in [-0.39, 0.29) is 13.2 Å². The summed E-state index contributed by atoms with van der Waals surface area (Å²) in [5.41, 5.74) is 1.66. The Kier molecular flexibility index (Phi) is 3.26. The van der Waals surface area contributed by atoms with Crippen molar-refractivity contribution in [3.8, 4) is 0 Å². The van der Waals surface area contributed by atoms with Gasteiger partial charge in [-0.3, -0.25) is 0 Å². The third-order valence-electron chi connectivity index (χ3n) is 4.72. The molecule has 0 aromatic carbocycles. The van der Waals surface area contributed by atoms with E-state index < -0.39 is 35.8 Å². The third kappa shape index (κ3) is 2.06. The summed E-state index contributed by atoms with van der Waals surface area (Å²) in [6, 6.07) is 0. The van der Waals surface area contributed by atoms with E-state index in [0.29, 0.717) is 12.8 Å². The van der Waals surface area contributed by atoms with Crippen LogP contribution in [0.25, 0.3) is 0 Å². The van der Waals surface area contributed by atoms with Crippen LogP contribution in [0.1, 0.15) is 25.7 Å². The predicted octanol–water partition coefficient (Wildman–Crippen LogP) is 2.37. The lowest BCUT2D eigenvalue weighted by Gasteiger charge is -2.40. The summed E-state index contributed by atoms with van der Waals surface area (Å²) in [5.74, 6) is -1.31. The molecule has 7 heteroatoms. The molecule has 5 atom stereocenters. The monoisotopic (exact) mass is 283 g/mol. The minimum Gasteiger partial charge on any atom is -0.366 e. The highest BCUT2D eigenvalue weighted by atomic mass is 19.4. The van der Waals surface area contributed by atoms with Crippen LogP contribution in [0.15, 0.2) is 0 Å². The normalized spacial score (nSPS) is 47.4. The maximum absolute atomic E-state index is 14.1. The molecule has 1 saturated carbocycles. The van der Waals surface area contributed by atoms with Crippen molar-refractivity contribution in [2.45, 2.75) is 49.7 Å². The zero-order valence-corrected chi connectivity index (χ0v) is 10.4. The maximum Gasteiger partial charge on any atom is 0.415 e. The lowest BCUT2D eigenvalue weighted by atomic mass is 9.68. The Morgan fingerprint density at radius 3 is 2.53 bits per heavy atom. The molecule has 3 fully saturated rings. The van der Waals surface area contributed by atoms with Gasteiger partial charge < -0.3 is 9.57 Å². The smallest absolute Gasteiger partial charge is 0.366 e. The summed E-state index contributed by atoms with van der Waals surface area (Å²) in [6.45, 7) is -0.208. The first-order chi connectivity index (χ1) is 8.95. The van der Waals surface area contributed by atoms with E-state index in [4.69, 9.17) is 9.57 Å². The highest BCUT2D eigenvalue weighted by Crippen LogP contribution is 2.50. The van der Waals surface area contributed by atoms with E-state index in [9.17, 15) is 17.6 Å². The Balaban J connectivity index is 1.86. The Morgan fingerprint density at radius 1 is 1.11 bits per heavy atom. The Morgan fingerprint density at radius 2 is 1.84 bits per heavy atom. The molecule has 3 rings (SSSR count). The van der Waals surface area contributed by atoms with Crippen LogP contribution in [0.4, 0.5) is 17.6 Å². The second kappa shape index (κ2) is 4.56. The van der Waals surface area contributed by atoms with Crippen LogP contribution in [-0.4, -0.2) is 37.2 Å². The lowest BCUT2D eigenvalue weighted by molar-refractivity contribution is -0.219. The van der Waals surface area contributed by atoms with Gasteiger partial charge in [-0.05, 0) is 12.8 Å². The number of alkyl halides is 4. The van der Waals surface area contributed by atoms with Gasteiger partial charge in [0.05, 0.1) is 18.8 Å². The molecule has 2 heterocycles. The molecule has 3 aliphatic rings. The lowest BCUT2D eigenvalue weighted by Crippen LogP contribution is -2.56. The zero-order valence-electron chi connectivity index (χ0n) is 10.4. The summed E-state index contributed by atoms with van der Waals surface area (Å²) in [4.78, 5) is 5.05. The number of hydrogen-bond donors (Lipinski definition) is 1. The highest BCUT2D eigenvalue weighted by Gasteiger charge is 2.65. The SMILES string of the molecule is FC1CCCCC1C12COC(C(F)(F)F)C1CON2. The van der Waals surface area contributed by atoms with E-state index in [2.05, 4.69) is 5.48 Å². The van der Waals surface area contributed by atoms with Crippen LogP contribution in [0, 0.1) is 11.8 Å². The first-order valence-corrected chi connectivity index (χ1v) is 6.66. The average molecular weight is 283 g/mol. The fraction of sp³-hybridized carbons (Fsp3) is 1.00. The largest absolute Gasteiger partial charge is 0.415 e. The second-order valence-corrected chi connectivity index (χ2v) is 5.74. The Bertz CT molecular complexity index is 351. The molecule has 19 heavy (non-hydrogen) atoms. The number of halogens is 4. The minimum atomic E-state index is -4.43. The van der Waals surface area contributed by atoms with Crippen LogP contribution in [0.5, 0.6) is 0 Å². The van der Waals surface area contributed by atoms with Crippen molar-refractivity contribution in [2.75, 3.05) is 13.2 Å². The van der Waals surface area contributed by atoms with E-state index >= 15 is 0 Å². The molecule has 3 nitrogen and oxygen atoms in total. The summed E-state index contributed by atoms with van der Waals surface area (Å²) in [6.07, 6.45) is -4.72.